The third kappa shape index (κ3) is 5.16. The van der Waals surface area contributed by atoms with Crippen molar-refractivity contribution < 1.29 is 9.59 Å². The molecule has 2 aliphatic rings. The van der Waals surface area contributed by atoms with E-state index in [0.717, 1.165) is 38.5 Å². The average molecular weight is 380 g/mol. The van der Waals surface area contributed by atoms with Crippen molar-refractivity contribution in [2.45, 2.75) is 51.0 Å². The highest BCUT2D eigenvalue weighted by Gasteiger charge is 2.30. The normalized spacial score (nSPS) is 17.6. The van der Waals surface area contributed by atoms with Crippen molar-refractivity contribution in [3.63, 3.8) is 0 Å². The molecule has 0 radical (unpaired) electrons. The molecule has 0 aliphatic heterocycles. The minimum Gasteiger partial charge on any atom is -0.349 e. The summed E-state index contributed by atoms with van der Waals surface area (Å²) in [4.78, 5) is 24.3. The third-order valence-electron chi connectivity index (χ3n) is 4.59. The molecule has 2 aliphatic carbocycles. The maximum absolute atomic E-state index is 12.5. The van der Waals surface area contributed by atoms with Crippen LogP contribution in [0.2, 0.25) is 5.02 Å². The highest BCUT2D eigenvalue weighted by atomic mass is 35.5. The average Bonchev–Trinajstić information content (AvgIpc) is 3.42. The van der Waals surface area contributed by atoms with Gasteiger partial charge in [0.2, 0.25) is 5.91 Å². The van der Waals surface area contributed by atoms with Crippen LogP contribution in [0, 0.1) is 5.92 Å². The largest absolute Gasteiger partial charge is 0.349 e. The molecule has 0 spiro atoms. The number of rotatable bonds is 4. The number of hydrogen-bond donors (Lipinski definition) is 3. The van der Waals surface area contributed by atoms with E-state index >= 15 is 0 Å². The summed E-state index contributed by atoms with van der Waals surface area (Å²) in [6.07, 6.45) is 7.39. The molecule has 25 heavy (non-hydrogen) atoms. The van der Waals surface area contributed by atoms with Crippen molar-refractivity contribution in [1.82, 2.24) is 10.6 Å². The molecule has 0 saturated heterocycles. The fourth-order valence-electron chi connectivity index (χ4n) is 3.01. The second-order valence-corrected chi connectivity index (χ2v) is 7.54. The predicted molar refractivity (Wildman–Crippen MR) is 103 cm³/mol. The van der Waals surface area contributed by atoms with E-state index in [2.05, 4.69) is 16.0 Å². The molecule has 0 unspecified atom stereocenters. The monoisotopic (exact) mass is 379 g/mol. The summed E-state index contributed by atoms with van der Waals surface area (Å²) >= 11 is 11.3. The van der Waals surface area contributed by atoms with E-state index in [1.807, 2.05) is 0 Å². The molecule has 0 bridgehead atoms. The summed E-state index contributed by atoms with van der Waals surface area (Å²) in [5.41, 5.74) is 1.04. The van der Waals surface area contributed by atoms with E-state index in [4.69, 9.17) is 23.8 Å². The first kappa shape index (κ1) is 18.1. The molecular formula is C18H22ClN3O2S. The summed E-state index contributed by atoms with van der Waals surface area (Å²) in [5.74, 6) is -0.142. The van der Waals surface area contributed by atoms with Gasteiger partial charge in [0, 0.05) is 17.6 Å². The smallest absolute Gasteiger partial charge is 0.253 e. The fraction of sp³-hybridized carbons (Fsp3) is 0.500. The van der Waals surface area contributed by atoms with Crippen molar-refractivity contribution >= 4 is 46.4 Å². The number of nitrogens with one attached hydrogen (secondary N) is 3. The summed E-state index contributed by atoms with van der Waals surface area (Å²) in [6, 6.07) is 5.27. The first-order chi connectivity index (χ1) is 12.0. The minimum absolute atomic E-state index is 0.0540. The molecule has 134 valence electrons. The summed E-state index contributed by atoms with van der Waals surface area (Å²) in [7, 11) is 0. The van der Waals surface area contributed by atoms with Crippen LogP contribution in [0.15, 0.2) is 18.2 Å². The van der Waals surface area contributed by atoms with Gasteiger partial charge in [-0.25, -0.2) is 0 Å². The zero-order chi connectivity index (χ0) is 17.8. The highest BCUT2D eigenvalue weighted by Crippen LogP contribution is 2.28. The van der Waals surface area contributed by atoms with Gasteiger partial charge in [-0.2, -0.15) is 0 Å². The van der Waals surface area contributed by atoms with Crippen LogP contribution >= 0.6 is 23.8 Å². The molecule has 0 heterocycles. The Labute approximate surface area is 157 Å². The van der Waals surface area contributed by atoms with E-state index in [-0.39, 0.29) is 28.9 Å². The van der Waals surface area contributed by atoms with Crippen molar-refractivity contribution in [2.75, 3.05) is 5.32 Å². The van der Waals surface area contributed by atoms with Gasteiger partial charge in [0.05, 0.1) is 10.6 Å². The Kier molecular flexibility index (Phi) is 5.91. The number of thiocarbonyl (C=S) groups is 1. The highest BCUT2D eigenvalue weighted by molar-refractivity contribution is 7.80. The van der Waals surface area contributed by atoms with Crippen molar-refractivity contribution in [3.05, 3.63) is 28.8 Å². The van der Waals surface area contributed by atoms with E-state index in [9.17, 15) is 9.59 Å². The lowest BCUT2D eigenvalue weighted by molar-refractivity contribution is -0.120. The van der Waals surface area contributed by atoms with E-state index in [0.29, 0.717) is 16.3 Å². The maximum Gasteiger partial charge on any atom is 0.253 e. The van der Waals surface area contributed by atoms with Crippen LogP contribution < -0.4 is 16.0 Å². The standard InChI is InChI=1S/C18H22ClN3O2S/c19-15-9-8-13(21-18(25)22-16(23)11-6-7-11)10-14(15)17(24)20-12-4-2-1-3-5-12/h8-12H,1-7H2,(H,20,24)(H2,21,22,23,25). The Morgan fingerprint density at radius 2 is 1.80 bits per heavy atom. The van der Waals surface area contributed by atoms with Gasteiger partial charge in [0.1, 0.15) is 0 Å². The number of carbonyl (C=O) groups is 2. The van der Waals surface area contributed by atoms with Gasteiger partial charge in [-0.15, -0.1) is 0 Å². The molecule has 5 nitrogen and oxygen atoms in total. The number of benzene rings is 1. The van der Waals surface area contributed by atoms with E-state index in [1.165, 1.54) is 6.42 Å². The molecule has 1 aromatic carbocycles. The number of carbonyl (C=O) groups excluding carboxylic acids is 2. The van der Waals surface area contributed by atoms with E-state index in [1.54, 1.807) is 18.2 Å². The third-order valence-corrected chi connectivity index (χ3v) is 5.13. The molecule has 0 atom stereocenters. The molecule has 3 N–H and O–H groups in total. The van der Waals surface area contributed by atoms with Gasteiger partial charge in [0.25, 0.3) is 5.91 Å². The van der Waals surface area contributed by atoms with E-state index < -0.39 is 0 Å². The number of anilines is 1. The Morgan fingerprint density at radius 3 is 2.48 bits per heavy atom. The zero-order valence-electron chi connectivity index (χ0n) is 13.9. The lowest BCUT2D eigenvalue weighted by Crippen LogP contribution is -2.36. The van der Waals surface area contributed by atoms with Crippen LogP contribution in [-0.4, -0.2) is 23.0 Å². The Bertz CT molecular complexity index is 685. The summed E-state index contributed by atoms with van der Waals surface area (Å²) < 4.78 is 0. The molecule has 2 saturated carbocycles. The number of amides is 2. The predicted octanol–water partition coefficient (Wildman–Crippen LogP) is 3.63. The molecule has 2 amide bonds. The molecule has 2 fully saturated rings. The Hall–Kier alpha value is -1.66. The van der Waals surface area contributed by atoms with Gasteiger partial charge in [0.15, 0.2) is 5.11 Å². The number of hydrogen-bond acceptors (Lipinski definition) is 3. The first-order valence-corrected chi connectivity index (χ1v) is 9.54. The van der Waals surface area contributed by atoms with Gasteiger partial charge in [-0.3, -0.25) is 9.59 Å². The topological polar surface area (TPSA) is 70.2 Å². The van der Waals surface area contributed by atoms with Gasteiger partial charge < -0.3 is 16.0 Å². The second kappa shape index (κ2) is 8.15. The van der Waals surface area contributed by atoms with Gasteiger partial charge in [-0.05, 0) is 56.1 Å². The van der Waals surface area contributed by atoms with Crippen LogP contribution in [0.25, 0.3) is 0 Å². The van der Waals surface area contributed by atoms with Crippen LogP contribution in [0.1, 0.15) is 55.3 Å². The van der Waals surface area contributed by atoms with Crippen molar-refractivity contribution in [1.29, 1.82) is 0 Å². The molecule has 0 aromatic heterocycles. The SMILES string of the molecule is O=C(NC1CCCCC1)c1cc(NC(=S)NC(=O)C2CC2)ccc1Cl. The Morgan fingerprint density at radius 1 is 1.08 bits per heavy atom. The molecule has 3 rings (SSSR count). The van der Waals surface area contributed by atoms with Crippen molar-refractivity contribution in [3.8, 4) is 0 Å². The summed E-state index contributed by atoms with van der Waals surface area (Å²) in [5, 5.41) is 9.30. The fourth-order valence-corrected chi connectivity index (χ4v) is 3.43. The lowest BCUT2D eigenvalue weighted by Gasteiger charge is -2.23. The Balaban J connectivity index is 1.61. The van der Waals surface area contributed by atoms with Gasteiger partial charge >= 0.3 is 0 Å². The second-order valence-electron chi connectivity index (χ2n) is 6.72. The van der Waals surface area contributed by atoms with Gasteiger partial charge in [-0.1, -0.05) is 30.9 Å². The first-order valence-electron chi connectivity index (χ1n) is 8.75. The van der Waals surface area contributed by atoms with Crippen LogP contribution in [0.5, 0.6) is 0 Å². The molecule has 7 heteroatoms. The van der Waals surface area contributed by atoms with Crippen LogP contribution in [-0.2, 0) is 4.79 Å². The zero-order valence-corrected chi connectivity index (χ0v) is 15.5. The van der Waals surface area contributed by atoms with Crippen LogP contribution in [0.3, 0.4) is 0 Å². The van der Waals surface area contributed by atoms with Crippen LogP contribution in [0.4, 0.5) is 5.69 Å². The van der Waals surface area contributed by atoms with Crippen molar-refractivity contribution in [2.24, 2.45) is 5.92 Å². The molecule has 1 aromatic rings. The maximum atomic E-state index is 12.5. The quantitative estimate of drug-likeness (QED) is 0.699. The lowest BCUT2D eigenvalue weighted by atomic mass is 9.95. The minimum atomic E-state index is -0.173. The molecular weight excluding hydrogens is 358 g/mol. The summed E-state index contributed by atoms with van der Waals surface area (Å²) in [6.45, 7) is 0. The number of halogens is 1.